The molecule has 0 aliphatic rings. The number of esters is 3. The van der Waals surface area contributed by atoms with Crippen molar-refractivity contribution in [2.75, 3.05) is 13.2 Å². The predicted molar refractivity (Wildman–Crippen MR) is 357 cm³/mol. The van der Waals surface area contributed by atoms with E-state index in [4.69, 9.17) is 14.2 Å². The first kappa shape index (κ1) is 76.8. The van der Waals surface area contributed by atoms with Crippen molar-refractivity contribution in [3.05, 3.63) is 170 Å². The van der Waals surface area contributed by atoms with E-state index < -0.39 is 6.10 Å². The average Bonchev–Trinajstić information content (AvgIpc) is 3.47. The Labute approximate surface area is 504 Å². The quantitative estimate of drug-likeness (QED) is 0.0261. The van der Waals surface area contributed by atoms with E-state index in [1.54, 1.807) is 0 Å². The summed E-state index contributed by atoms with van der Waals surface area (Å²) in [7, 11) is 0. The third kappa shape index (κ3) is 65.6. The monoisotopic (exact) mass is 1130 g/mol. The summed E-state index contributed by atoms with van der Waals surface area (Å²) in [4.78, 5) is 38.0. The molecule has 0 aromatic heterocycles. The summed E-state index contributed by atoms with van der Waals surface area (Å²) in [5.74, 6) is -0.962. The Morgan fingerprint density at radius 2 is 0.476 bits per heavy atom. The van der Waals surface area contributed by atoms with Gasteiger partial charge < -0.3 is 14.2 Å². The molecular weight excluding hydrogens is 1010 g/mol. The van der Waals surface area contributed by atoms with Crippen molar-refractivity contribution < 1.29 is 28.6 Å². The minimum absolute atomic E-state index is 0.102. The summed E-state index contributed by atoms with van der Waals surface area (Å²) in [6, 6.07) is 0. The standard InChI is InChI=1S/C76H120O6/c1-4-7-10-13-16-18-20-22-24-26-28-30-32-34-36-37-38-39-41-42-44-46-48-50-52-54-56-58-60-63-66-69-75(78)81-72-73(71-80-74(77)68-65-62-15-12-9-6-3)82-76(79)70-67-64-61-59-57-55-53-51-49-47-45-43-40-35-33-31-29-27-25-23-21-19-17-14-11-8-5-2/h7-8,10-11,16-19,22-25,28-31,34-36,38-40,45,47,51,53,57,59,73H,4-6,9,12-15,20-21,26-27,32-33,37,41-44,46,48-50,52,54-56,58,60-72H2,1-3H3/b10-7-,11-8-,18-16-,19-17-,24-22-,25-23-,30-28-,31-29-,36-34-,39-38-,40-35-,47-45-,53-51-,59-57-. The van der Waals surface area contributed by atoms with Gasteiger partial charge in [-0.05, 0) is 135 Å². The molecule has 460 valence electrons. The van der Waals surface area contributed by atoms with Crippen LogP contribution in [0.5, 0.6) is 0 Å². The molecule has 0 aliphatic carbocycles. The Hall–Kier alpha value is -5.23. The maximum absolute atomic E-state index is 12.8. The fraction of sp³-hybridized carbons (Fsp3) is 0.592. The van der Waals surface area contributed by atoms with Crippen LogP contribution in [0, 0.1) is 0 Å². The second kappa shape index (κ2) is 68.3. The van der Waals surface area contributed by atoms with Crippen LogP contribution in [0.4, 0.5) is 0 Å². The zero-order valence-corrected chi connectivity index (χ0v) is 52.7. The molecule has 1 atom stereocenters. The Kier molecular flexibility index (Phi) is 63.9. The van der Waals surface area contributed by atoms with Crippen LogP contribution in [0.1, 0.15) is 271 Å². The number of rotatable bonds is 58. The van der Waals surface area contributed by atoms with E-state index in [2.05, 4.69) is 191 Å². The smallest absolute Gasteiger partial charge is 0.306 e. The van der Waals surface area contributed by atoms with E-state index in [-0.39, 0.29) is 37.5 Å². The summed E-state index contributed by atoms with van der Waals surface area (Å²) in [5.41, 5.74) is 0. The van der Waals surface area contributed by atoms with Gasteiger partial charge >= 0.3 is 17.9 Å². The molecule has 0 aromatic rings. The molecule has 0 saturated carbocycles. The average molecular weight is 1130 g/mol. The fourth-order valence-corrected chi connectivity index (χ4v) is 8.58. The summed E-state index contributed by atoms with van der Waals surface area (Å²) in [5, 5.41) is 0. The van der Waals surface area contributed by atoms with Crippen LogP contribution in [0.2, 0.25) is 0 Å². The van der Waals surface area contributed by atoms with Crippen molar-refractivity contribution in [1.82, 2.24) is 0 Å². The highest BCUT2D eigenvalue weighted by Gasteiger charge is 2.19. The van der Waals surface area contributed by atoms with Crippen molar-refractivity contribution in [3.8, 4) is 0 Å². The number of hydrogen-bond donors (Lipinski definition) is 0. The van der Waals surface area contributed by atoms with Crippen LogP contribution in [-0.2, 0) is 28.6 Å². The molecule has 0 amide bonds. The van der Waals surface area contributed by atoms with Crippen LogP contribution < -0.4 is 0 Å². The minimum Gasteiger partial charge on any atom is -0.462 e. The summed E-state index contributed by atoms with van der Waals surface area (Å²) in [6.45, 7) is 6.31. The Bertz CT molecular complexity index is 1870. The molecule has 0 bridgehead atoms. The van der Waals surface area contributed by atoms with Gasteiger partial charge in [-0.3, -0.25) is 14.4 Å². The van der Waals surface area contributed by atoms with Gasteiger partial charge in [-0.2, -0.15) is 0 Å². The maximum Gasteiger partial charge on any atom is 0.306 e. The lowest BCUT2D eigenvalue weighted by Crippen LogP contribution is -2.30. The molecule has 6 heteroatoms. The lowest BCUT2D eigenvalue weighted by Gasteiger charge is -2.18. The number of carbonyl (C=O) groups excluding carboxylic acids is 3. The number of ether oxygens (including phenoxy) is 3. The Morgan fingerprint density at radius 1 is 0.256 bits per heavy atom. The topological polar surface area (TPSA) is 78.9 Å². The molecular formula is C76H120O6. The first-order valence-electron chi connectivity index (χ1n) is 33.1. The second-order valence-electron chi connectivity index (χ2n) is 21.3. The van der Waals surface area contributed by atoms with E-state index in [0.29, 0.717) is 19.3 Å². The van der Waals surface area contributed by atoms with Crippen LogP contribution in [0.15, 0.2) is 170 Å². The van der Waals surface area contributed by atoms with E-state index in [1.807, 2.05) is 0 Å². The van der Waals surface area contributed by atoms with Crippen molar-refractivity contribution in [1.29, 1.82) is 0 Å². The highest BCUT2D eigenvalue weighted by atomic mass is 16.6. The zero-order valence-electron chi connectivity index (χ0n) is 52.7. The van der Waals surface area contributed by atoms with Crippen LogP contribution >= 0.6 is 0 Å². The normalized spacial score (nSPS) is 13.3. The molecule has 0 saturated heterocycles. The van der Waals surface area contributed by atoms with Gasteiger partial charge in [0.1, 0.15) is 13.2 Å². The van der Waals surface area contributed by atoms with Crippen LogP contribution in [0.25, 0.3) is 0 Å². The van der Waals surface area contributed by atoms with E-state index in [1.165, 1.54) is 83.5 Å². The third-order valence-electron chi connectivity index (χ3n) is 13.5. The lowest BCUT2D eigenvalue weighted by atomic mass is 10.0. The highest BCUT2D eigenvalue weighted by molar-refractivity contribution is 5.71. The van der Waals surface area contributed by atoms with Gasteiger partial charge in [0.2, 0.25) is 0 Å². The summed E-state index contributed by atoms with van der Waals surface area (Å²) in [6.07, 6.45) is 101. The van der Waals surface area contributed by atoms with Crippen molar-refractivity contribution in [2.45, 2.75) is 277 Å². The molecule has 6 nitrogen and oxygen atoms in total. The molecule has 0 N–H and O–H groups in total. The first-order chi connectivity index (χ1) is 40.5. The Balaban J connectivity index is 4.19. The molecule has 0 spiro atoms. The minimum atomic E-state index is -0.808. The molecule has 0 fully saturated rings. The maximum atomic E-state index is 12.8. The summed E-state index contributed by atoms with van der Waals surface area (Å²) < 4.78 is 16.8. The van der Waals surface area contributed by atoms with Crippen molar-refractivity contribution in [3.63, 3.8) is 0 Å². The second-order valence-corrected chi connectivity index (χ2v) is 21.3. The molecule has 0 aliphatic heterocycles. The largest absolute Gasteiger partial charge is 0.462 e. The van der Waals surface area contributed by atoms with Crippen LogP contribution in [0.3, 0.4) is 0 Å². The van der Waals surface area contributed by atoms with E-state index in [9.17, 15) is 14.4 Å². The molecule has 1 unspecified atom stereocenters. The third-order valence-corrected chi connectivity index (χ3v) is 13.5. The number of allylic oxidation sites excluding steroid dienone is 28. The van der Waals surface area contributed by atoms with Gasteiger partial charge in [0.15, 0.2) is 6.10 Å². The molecule has 0 heterocycles. The predicted octanol–water partition coefficient (Wildman–Crippen LogP) is 23.0. The lowest BCUT2D eigenvalue weighted by molar-refractivity contribution is -0.167. The highest BCUT2D eigenvalue weighted by Crippen LogP contribution is 2.15. The molecule has 0 aromatic carbocycles. The number of hydrogen-bond acceptors (Lipinski definition) is 6. The van der Waals surface area contributed by atoms with E-state index in [0.717, 1.165) is 141 Å². The number of unbranched alkanes of at least 4 members (excludes halogenated alkanes) is 19. The molecule has 0 radical (unpaired) electrons. The van der Waals surface area contributed by atoms with Gasteiger partial charge in [-0.15, -0.1) is 0 Å². The number of carbonyl (C=O) groups is 3. The first-order valence-corrected chi connectivity index (χ1v) is 33.1. The van der Waals surface area contributed by atoms with Gasteiger partial charge in [-0.25, -0.2) is 0 Å². The molecule has 0 rings (SSSR count). The van der Waals surface area contributed by atoms with E-state index >= 15 is 0 Å². The van der Waals surface area contributed by atoms with Gasteiger partial charge in [0.05, 0.1) is 0 Å². The van der Waals surface area contributed by atoms with Crippen LogP contribution in [-0.4, -0.2) is 37.2 Å². The summed E-state index contributed by atoms with van der Waals surface area (Å²) >= 11 is 0. The SMILES string of the molecule is CC/C=C\C/C=C\C/C=C\C/C=C\C/C=C\C/C=C\C/C=C\C/C=C\CCCCC(=O)OC(COC(=O)CCCCCCCC)COC(=O)CCCCCCCCCCCCCC/C=C\C/C=C\C/C=C\C/C=C\C/C=C\C/C=C\CC. The fourth-order valence-electron chi connectivity index (χ4n) is 8.58. The molecule has 82 heavy (non-hydrogen) atoms. The van der Waals surface area contributed by atoms with Gasteiger partial charge in [-0.1, -0.05) is 287 Å². The Morgan fingerprint density at radius 3 is 0.768 bits per heavy atom. The van der Waals surface area contributed by atoms with Crippen molar-refractivity contribution >= 4 is 17.9 Å². The van der Waals surface area contributed by atoms with Gasteiger partial charge in [0.25, 0.3) is 0 Å². The van der Waals surface area contributed by atoms with Crippen molar-refractivity contribution in [2.24, 2.45) is 0 Å². The van der Waals surface area contributed by atoms with Gasteiger partial charge in [0, 0.05) is 19.3 Å². The zero-order chi connectivity index (χ0) is 59.2.